The lowest BCUT2D eigenvalue weighted by atomic mass is 9.65. The van der Waals surface area contributed by atoms with E-state index >= 15 is 0 Å². The van der Waals surface area contributed by atoms with Crippen molar-refractivity contribution in [2.45, 2.75) is 65.3 Å². The molecular weight excluding hydrogens is 440 g/mol. The van der Waals surface area contributed by atoms with Gasteiger partial charge >= 0.3 is 12.0 Å². The summed E-state index contributed by atoms with van der Waals surface area (Å²) >= 11 is 6.70. The van der Waals surface area contributed by atoms with E-state index < -0.39 is 11.5 Å². The van der Waals surface area contributed by atoms with Gasteiger partial charge in [0.15, 0.2) is 0 Å². The minimum atomic E-state index is -0.924. The van der Waals surface area contributed by atoms with Crippen molar-refractivity contribution >= 4 is 23.6 Å². The molecule has 0 unspecified atom stereocenters. The molecule has 1 atom stereocenters. The van der Waals surface area contributed by atoms with Gasteiger partial charge in [-0.3, -0.25) is 4.79 Å². The number of aryl methyl sites for hydroxylation is 1. The van der Waals surface area contributed by atoms with Crippen molar-refractivity contribution in [3.05, 3.63) is 46.1 Å². The summed E-state index contributed by atoms with van der Waals surface area (Å²) in [5.41, 5.74) is 2.67. The molecule has 0 spiro atoms. The number of methoxy groups -OCH3 is 1. The van der Waals surface area contributed by atoms with Crippen molar-refractivity contribution < 1.29 is 19.4 Å². The van der Waals surface area contributed by atoms with Gasteiger partial charge in [-0.2, -0.15) is 0 Å². The molecule has 1 fully saturated rings. The average molecular weight is 477 g/mol. The molecule has 33 heavy (non-hydrogen) atoms. The molecule has 0 saturated heterocycles. The van der Waals surface area contributed by atoms with Crippen molar-refractivity contribution in [3.8, 4) is 0 Å². The molecule has 6 nitrogen and oxygen atoms in total. The molecule has 1 aliphatic carbocycles. The molecular formula is C26H37ClN2O4. The maximum absolute atomic E-state index is 12.9. The Morgan fingerprint density at radius 2 is 2.03 bits per heavy atom. The second-order valence-corrected chi connectivity index (χ2v) is 11.2. The first kappa shape index (κ1) is 25.6. The molecule has 1 aromatic carbocycles. The molecule has 2 N–H and O–H groups in total. The highest BCUT2D eigenvalue weighted by Gasteiger charge is 2.45. The van der Waals surface area contributed by atoms with E-state index in [1.54, 1.807) is 7.11 Å². The highest BCUT2D eigenvalue weighted by Crippen LogP contribution is 2.47. The largest absolute Gasteiger partial charge is 0.481 e. The summed E-state index contributed by atoms with van der Waals surface area (Å²) in [6, 6.07) is 5.83. The summed E-state index contributed by atoms with van der Waals surface area (Å²) in [5, 5.41) is 13.0. The van der Waals surface area contributed by atoms with Gasteiger partial charge in [0.2, 0.25) is 0 Å². The van der Waals surface area contributed by atoms with Crippen LogP contribution >= 0.6 is 11.6 Å². The Morgan fingerprint density at radius 3 is 2.61 bits per heavy atom. The number of urea groups is 1. The summed E-state index contributed by atoms with van der Waals surface area (Å²) in [5.74, 6) is -0.131. The van der Waals surface area contributed by atoms with E-state index in [1.807, 2.05) is 19.2 Å². The molecule has 1 aliphatic heterocycles. The lowest BCUT2D eigenvalue weighted by Crippen LogP contribution is -2.56. The predicted molar refractivity (Wildman–Crippen MR) is 130 cm³/mol. The molecule has 1 saturated carbocycles. The zero-order valence-electron chi connectivity index (χ0n) is 20.4. The fourth-order valence-corrected chi connectivity index (χ4v) is 5.06. The first-order chi connectivity index (χ1) is 15.4. The molecule has 7 heteroatoms. The van der Waals surface area contributed by atoms with Gasteiger partial charge in [0, 0.05) is 31.5 Å². The second kappa shape index (κ2) is 10.1. The number of carbonyl (C=O) groups is 2. The third-order valence-corrected chi connectivity index (χ3v) is 7.26. The maximum atomic E-state index is 12.9. The number of hydrogen-bond donors (Lipinski definition) is 2. The van der Waals surface area contributed by atoms with E-state index in [4.69, 9.17) is 21.4 Å². The molecule has 3 rings (SSSR count). The highest BCUT2D eigenvalue weighted by atomic mass is 35.5. The molecule has 182 valence electrons. The summed E-state index contributed by atoms with van der Waals surface area (Å²) in [7, 11) is 1.72. The zero-order valence-corrected chi connectivity index (χ0v) is 21.2. The van der Waals surface area contributed by atoms with Crippen molar-refractivity contribution in [2.75, 3.05) is 20.3 Å². The SMILES string of the molecule is COCC1CC(C2=CN(CCC(=O)O)C(=O)N[C@@]2(C)c2ccc(CCC(C)(C)C)c(Cl)c2)C1. The number of halogens is 1. The van der Waals surface area contributed by atoms with Crippen LogP contribution in [0.2, 0.25) is 5.02 Å². The summed E-state index contributed by atoms with van der Waals surface area (Å²) < 4.78 is 5.31. The van der Waals surface area contributed by atoms with Crippen LogP contribution < -0.4 is 5.32 Å². The Morgan fingerprint density at radius 1 is 1.33 bits per heavy atom. The van der Waals surface area contributed by atoms with Crippen LogP contribution in [0, 0.1) is 17.3 Å². The maximum Gasteiger partial charge on any atom is 0.322 e. The lowest BCUT2D eigenvalue weighted by Gasteiger charge is -2.48. The second-order valence-electron chi connectivity index (χ2n) is 10.8. The van der Waals surface area contributed by atoms with E-state index in [2.05, 4.69) is 38.2 Å². The molecule has 2 amide bonds. The Bertz CT molecular complexity index is 917. The van der Waals surface area contributed by atoms with E-state index in [0.717, 1.165) is 49.0 Å². The smallest absolute Gasteiger partial charge is 0.322 e. The van der Waals surface area contributed by atoms with Crippen LogP contribution in [0.15, 0.2) is 30.0 Å². The van der Waals surface area contributed by atoms with Crippen molar-refractivity contribution in [1.82, 2.24) is 10.2 Å². The number of hydrogen-bond acceptors (Lipinski definition) is 3. The molecule has 2 aliphatic rings. The van der Waals surface area contributed by atoms with E-state index in [9.17, 15) is 9.59 Å². The fraction of sp³-hybridized carbons (Fsp3) is 0.615. The Kier molecular flexibility index (Phi) is 7.80. The van der Waals surface area contributed by atoms with Gasteiger partial charge in [-0.1, -0.05) is 44.5 Å². The van der Waals surface area contributed by atoms with Gasteiger partial charge in [0.05, 0.1) is 12.0 Å². The standard InChI is InChI=1S/C26H37ClN2O4/c1-25(2,3)10-8-18-6-7-20(14-22(18)27)26(4)21(19-12-17(13-19)16-33-5)15-29(24(32)28-26)11-9-23(30)31/h6-7,14-15,17,19H,8-13,16H2,1-5H3,(H,28,32)(H,30,31)/t17?,19?,26-/m0/s1. The van der Waals surface area contributed by atoms with Crippen LogP contribution in [0.4, 0.5) is 4.79 Å². The topological polar surface area (TPSA) is 78.9 Å². The number of ether oxygens (including phenoxy) is 1. The van der Waals surface area contributed by atoms with Crippen LogP contribution in [-0.4, -0.2) is 42.3 Å². The lowest BCUT2D eigenvalue weighted by molar-refractivity contribution is -0.137. The number of amides is 2. The number of carboxylic acids is 1. The number of nitrogens with one attached hydrogen (secondary N) is 1. The monoisotopic (exact) mass is 476 g/mol. The number of carboxylic acid groups (broad SMARTS) is 1. The van der Waals surface area contributed by atoms with Gasteiger partial charge in [-0.15, -0.1) is 0 Å². The number of rotatable bonds is 9. The molecule has 1 aromatic rings. The van der Waals surface area contributed by atoms with E-state index in [0.29, 0.717) is 16.9 Å². The third kappa shape index (κ3) is 6.10. The quantitative estimate of drug-likeness (QED) is 0.487. The third-order valence-electron chi connectivity index (χ3n) is 6.91. The van der Waals surface area contributed by atoms with Crippen molar-refractivity contribution in [2.24, 2.45) is 17.3 Å². The average Bonchev–Trinajstić information content (AvgIpc) is 2.68. The van der Waals surface area contributed by atoms with Crippen molar-refractivity contribution in [1.29, 1.82) is 0 Å². The summed E-state index contributed by atoms with van der Waals surface area (Å²) in [6.45, 7) is 9.55. The van der Waals surface area contributed by atoms with Gasteiger partial charge in [0.1, 0.15) is 0 Å². The van der Waals surface area contributed by atoms with E-state index in [1.165, 1.54) is 4.90 Å². The molecule has 0 radical (unpaired) electrons. The molecule has 0 aromatic heterocycles. The van der Waals surface area contributed by atoms with Crippen LogP contribution in [0.3, 0.4) is 0 Å². The predicted octanol–water partition coefficient (Wildman–Crippen LogP) is 5.59. The molecule has 0 bridgehead atoms. The van der Waals surface area contributed by atoms with E-state index in [-0.39, 0.29) is 24.4 Å². The minimum absolute atomic E-state index is 0.0980. The first-order valence-electron chi connectivity index (χ1n) is 11.7. The number of aliphatic carboxylic acids is 1. The number of benzene rings is 1. The molecule has 1 heterocycles. The minimum Gasteiger partial charge on any atom is -0.481 e. The first-order valence-corrected chi connectivity index (χ1v) is 12.1. The Hall–Kier alpha value is -2.05. The number of carbonyl (C=O) groups excluding carboxylic acids is 1. The van der Waals surface area contributed by atoms with Crippen molar-refractivity contribution in [3.63, 3.8) is 0 Å². The Balaban J connectivity index is 1.90. The summed E-state index contributed by atoms with van der Waals surface area (Å²) in [4.78, 5) is 25.5. The van der Waals surface area contributed by atoms with Gasteiger partial charge in [-0.25, -0.2) is 4.79 Å². The van der Waals surface area contributed by atoms with Crippen LogP contribution in [0.5, 0.6) is 0 Å². The normalized spacial score (nSPS) is 25.3. The Labute approximate surface area is 202 Å². The van der Waals surface area contributed by atoms with Crippen LogP contribution in [0.25, 0.3) is 0 Å². The van der Waals surface area contributed by atoms with Gasteiger partial charge < -0.3 is 20.1 Å². The highest BCUT2D eigenvalue weighted by molar-refractivity contribution is 6.31. The fourth-order valence-electron chi connectivity index (χ4n) is 4.78. The summed E-state index contributed by atoms with van der Waals surface area (Å²) in [6.07, 6.45) is 5.67. The van der Waals surface area contributed by atoms with Crippen LogP contribution in [0.1, 0.15) is 64.5 Å². The zero-order chi connectivity index (χ0) is 24.4. The number of nitrogens with zero attached hydrogens (tertiary/aromatic N) is 1. The van der Waals surface area contributed by atoms with Gasteiger partial charge in [0.25, 0.3) is 0 Å². The van der Waals surface area contributed by atoms with Gasteiger partial charge in [-0.05, 0) is 72.6 Å². The van der Waals surface area contributed by atoms with Crippen LogP contribution in [-0.2, 0) is 21.5 Å².